The van der Waals surface area contributed by atoms with Crippen LogP contribution in [0.2, 0.25) is 0 Å². The second-order valence-corrected chi connectivity index (χ2v) is 6.77. The number of benzene rings is 2. The normalized spacial score (nSPS) is 30.7. The third-order valence-electron chi connectivity index (χ3n) is 4.93. The van der Waals surface area contributed by atoms with Crippen molar-refractivity contribution in [2.24, 2.45) is 5.41 Å². The lowest BCUT2D eigenvalue weighted by atomic mass is 9.56. The fourth-order valence-electron chi connectivity index (χ4n) is 3.84. The summed E-state index contributed by atoms with van der Waals surface area (Å²) in [6, 6.07) is 14.2. The Hall–Kier alpha value is -1.87. The predicted molar refractivity (Wildman–Crippen MR) is 83.2 cm³/mol. The molecule has 2 heterocycles. The molecule has 0 spiro atoms. The first kappa shape index (κ1) is 12.8. The monoisotopic (exact) mass is 281 g/mol. The molecule has 0 unspecified atom stereocenters. The van der Waals surface area contributed by atoms with Crippen molar-refractivity contribution in [1.29, 1.82) is 0 Å². The number of carbonyl (C=O) groups is 1. The summed E-state index contributed by atoms with van der Waals surface area (Å²) in [6.45, 7) is 2.94. The van der Waals surface area contributed by atoms with Gasteiger partial charge in [-0.05, 0) is 47.6 Å². The van der Waals surface area contributed by atoms with Gasteiger partial charge in [0.25, 0.3) is 5.91 Å². The minimum absolute atomic E-state index is 0.00922. The van der Waals surface area contributed by atoms with E-state index in [4.69, 9.17) is 4.74 Å². The average molecular weight is 281 g/mol. The summed E-state index contributed by atoms with van der Waals surface area (Å²) in [5.74, 6) is 0.00922. The fraction of sp³-hybridized carbons (Fsp3) is 0.389. The Balaban J connectivity index is 1.56. The molecular formula is C18H19NO2. The first-order valence-corrected chi connectivity index (χ1v) is 7.53. The van der Waals surface area contributed by atoms with Crippen molar-refractivity contribution in [3.8, 4) is 0 Å². The van der Waals surface area contributed by atoms with Crippen LogP contribution in [0.3, 0.4) is 0 Å². The molecule has 3 fully saturated rings. The lowest BCUT2D eigenvalue weighted by Gasteiger charge is -2.57. The predicted octanol–water partition coefficient (Wildman–Crippen LogP) is 3.74. The Kier molecular flexibility index (Phi) is 2.64. The van der Waals surface area contributed by atoms with E-state index in [-0.39, 0.29) is 5.91 Å². The lowest BCUT2D eigenvalue weighted by molar-refractivity contribution is -0.213. The van der Waals surface area contributed by atoms with Gasteiger partial charge < -0.3 is 10.1 Å². The zero-order chi connectivity index (χ0) is 14.5. The molecule has 2 aliphatic heterocycles. The van der Waals surface area contributed by atoms with Crippen LogP contribution >= 0.6 is 0 Å². The number of anilines is 1. The van der Waals surface area contributed by atoms with Crippen molar-refractivity contribution in [2.75, 3.05) is 11.9 Å². The maximum atomic E-state index is 12.6. The molecule has 3 heteroatoms. The van der Waals surface area contributed by atoms with Crippen LogP contribution in [0.25, 0.3) is 10.8 Å². The molecular weight excluding hydrogens is 262 g/mol. The van der Waals surface area contributed by atoms with Gasteiger partial charge in [-0.15, -0.1) is 0 Å². The molecule has 2 saturated heterocycles. The number of amides is 1. The standard InChI is InChI=1S/C18H19NO2/c1-17-8-9-21-18(11-17,12-17)16(20)19-15-7-6-13-4-2-3-5-14(13)10-15/h2-7,10H,8-9,11-12H2,1H3,(H,19,20). The van der Waals surface area contributed by atoms with Crippen LogP contribution in [0.4, 0.5) is 5.69 Å². The van der Waals surface area contributed by atoms with Gasteiger partial charge in [0.05, 0.1) is 0 Å². The van der Waals surface area contributed by atoms with E-state index in [9.17, 15) is 4.79 Å². The van der Waals surface area contributed by atoms with Crippen LogP contribution in [0.15, 0.2) is 42.5 Å². The van der Waals surface area contributed by atoms with E-state index in [1.165, 1.54) is 5.39 Å². The highest BCUT2D eigenvalue weighted by Crippen LogP contribution is 2.56. The maximum Gasteiger partial charge on any atom is 0.256 e. The average Bonchev–Trinajstić information content (AvgIpc) is 2.46. The number of nitrogens with one attached hydrogen (secondary N) is 1. The van der Waals surface area contributed by atoms with E-state index >= 15 is 0 Å². The molecule has 2 bridgehead atoms. The Morgan fingerprint density at radius 1 is 1.14 bits per heavy atom. The highest BCUT2D eigenvalue weighted by Gasteiger charge is 2.60. The van der Waals surface area contributed by atoms with Gasteiger partial charge in [-0.1, -0.05) is 37.3 Å². The van der Waals surface area contributed by atoms with E-state index < -0.39 is 5.60 Å². The van der Waals surface area contributed by atoms with E-state index in [1.54, 1.807) is 0 Å². The van der Waals surface area contributed by atoms with E-state index in [1.807, 2.05) is 30.3 Å². The molecule has 0 radical (unpaired) electrons. The molecule has 0 atom stereocenters. The number of ether oxygens (including phenoxy) is 1. The van der Waals surface area contributed by atoms with Gasteiger partial charge in [0, 0.05) is 12.3 Å². The van der Waals surface area contributed by atoms with E-state index in [0.29, 0.717) is 12.0 Å². The van der Waals surface area contributed by atoms with Crippen molar-refractivity contribution in [3.05, 3.63) is 42.5 Å². The Morgan fingerprint density at radius 2 is 1.90 bits per heavy atom. The van der Waals surface area contributed by atoms with E-state index in [0.717, 1.165) is 30.3 Å². The molecule has 5 rings (SSSR count). The number of hydrogen-bond acceptors (Lipinski definition) is 2. The van der Waals surface area contributed by atoms with Gasteiger partial charge in [-0.2, -0.15) is 0 Å². The fourth-order valence-corrected chi connectivity index (χ4v) is 3.84. The van der Waals surface area contributed by atoms with Crippen molar-refractivity contribution in [3.63, 3.8) is 0 Å². The Bertz CT molecular complexity index is 716. The van der Waals surface area contributed by atoms with Crippen molar-refractivity contribution in [1.82, 2.24) is 0 Å². The van der Waals surface area contributed by atoms with Crippen molar-refractivity contribution < 1.29 is 9.53 Å². The quantitative estimate of drug-likeness (QED) is 0.910. The summed E-state index contributed by atoms with van der Waals surface area (Å²) in [7, 11) is 0. The van der Waals surface area contributed by atoms with Gasteiger partial charge in [0.1, 0.15) is 5.60 Å². The highest BCUT2D eigenvalue weighted by atomic mass is 16.5. The molecule has 3 nitrogen and oxygen atoms in total. The molecule has 108 valence electrons. The summed E-state index contributed by atoms with van der Waals surface area (Å²) in [5.41, 5.74) is 0.563. The number of fused-ring (bicyclic) bond motifs is 3. The first-order valence-electron chi connectivity index (χ1n) is 7.53. The third-order valence-corrected chi connectivity index (χ3v) is 4.93. The molecule has 0 aromatic heterocycles. The van der Waals surface area contributed by atoms with Crippen LogP contribution in [-0.2, 0) is 9.53 Å². The summed E-state index contributed by atoms with van der Waals surface area (Å²) >= 11 is 0. The van der Waals surface area contributed by atoms with Crippen molar-refractivity contribution in [2.45, 2.75) is 31.8 Å². The van der Waals surface area contributed by atoms with Gasteiger partial charge >= 0.3 is 0 Å². The zero-order valence-corrected chi connectivity index (χ0v) is 12.2. The Labute approximate surface area is 124 Å². The summed E-state index contributed by atoms with van der Waals surface area (Å²) in [6.07, 6.45) is 2.76. The smallest absolute Gasteiger partial charge is 0.256 e. The van der Waals surface area contributed by atoms with Gasteiger partial charge in [0.2, 0.25) is 0 Å². The molecule has 2 aromatic rings. The Morgan fingerprint density at radius 3 is 2.67 bits per heavy atom. The lowest BCUT2D eigenvalue weighted by Crippen LogP contribution is -2.63. The summed E-state index contributed by atoms with van der Waals surface area (Å²) < 4.78 is 5.81. The number of rotatable bonds is 2. The minimum atomic E-state index is -0.585. The van der Waals surface area contributed by atoms with Gasteiger partial charge in [0.15, 0.2) is 0 Å². The topological polar surface area (TPSA) is 38.3 Å². The second-order valence-electron chi connectivity index (χ2n) is 6.77. The first-order chi connectivity index (χ1) is 10.1. The molecule has 21 heavy (non-hydrogen) atoms. The molecule has 2 aromatic carbocycles. The molecule has 1 N–H and O–H groups in total. The van der Waals surface area contributed by atoms with Crippen LogP contribution in [0, 0.1) is 5.41 Å². The maximum absolute atomic E-state index is 12.6. The number of hydrogen-bond donors (Lipinski definition) is 1. The third kappa shape index (κ3) is 2.04. The summed E-state index contributed by atoms with van der Waals surface area (Å²) in [4.78, 5) is 12.6. The van der Waals surface area contributed by atoms with Crippen LogP contribution in [-0.4, -0.2) is 18.1 Å². The van der Waals surface area contributed by atoms with Crippen molar-refractivity contribution >= 4 is 22.4 Å². The summed E-state index contributed by atoms with van der Waals surface area (Å²) in [5, 5.41) is 5.35. The molecule has 1 saturated carbocycles. The van der Waals surface area contributed by atoms with Gasteiger partial charge in [-0.25, -0.2) is 0 Å². The molecule has 1 amide bonds. The zero-order valence-electron chi connectivity index (χ0n) is 12.2. The van der Waals surface area contributed by atoms with Crippen LogP contribution in [0.5, 0.6) is 0 Å². The molecule has 3 aliphatic rings. The molecule has 1 aliphatic carbocycles. The largest absolute Gasteiger partial charge is 0.365 e. The minimum Gasteiger partial charge on any atom is -0.365 e. The van der Waals surface area contributed by atoms with E-state index in [2.05, 4.69) is 24.4 Å². The SMILES string of the molecule is CC12CCOC(C(=O)Nc3ccc4ccccc4c3)(C1)C2. The second kappa shape index (κ2) is 4.31. The van der Waals surface area contributed by atoms with Crippen LogP contribution < -0.4 is 5.32 Å². The highest BCUT2D eigenvalue weighted by molar-refractivity contribution is 6.00. The van der Waals surface area contributed by atoms with Crippen LogP contribution in [0.1, 0.15) is 26.2 Å². The van der Waals surface area contributed by atoms with Gasteiger partial charge in [-0.3, -0.25) is 4.79 Å². The number of carbonyl (C=O) groups excluding carboxylic acids is 1.